The molecule has 0 fully saturated rings. The van der Waals surface area contributed by atoms with Crippen LogP contribution in [0, 0.1) is 0 Å². The minimum atomic E-state index is -3.63. The van der Waals surface area contributed by atoms with Gasteiger partial charge in [0.2, 0.25) is 10.0 Å². The summed E-state index contributed by atoms with van der Waals surface area (Å²) in [6.07, 6.45) is 0. The van der Waals surface area contributed by atoms with Crippen LogP contribution >= 0.6 is 28.1 Å². The Labute approximate surface area is 190 Å². The van der Waals surface area contributed by atoms with Gasteiger partial charge < -0.3 is 10.1 Å². The lowest BCUT2D eigenvalue weighted by molar-refractivity contribution is 0.0974. The minimum absolute atomic E-state index is 0.0749. The number of ether oxygens (including phenoxy) is 1. The van der Waals surface area contributed by atoms with Crippen molar-refractivity contribution in [1.29, 1.82) is 0 Å². The summed E-state index contributed by atoms with van der Waals surface area (Å²) in [6, 6.07) is 11.2. The predicted octanol–water partition coefficient (Wildman–Crippen LogP) is 4.05. The molecule has 0 bridgehead atoms. The van der Waals surface area contributed by atoms with E-state index in [9.17, 15) is 13.2 Å². The molecule has 0 saturated carbocycles. The van der Waals surface area contributed by atoms with Gasteiger partial charge in [-0.2, -0.15) is 0 Å². The lowest BCUT2D eigenvalue weighted by Crippen LogP contribution is -2.40. The summed E-state index contributed by atoms with van der Waals surface area (Å²) in [6.45, 7) is 7.55. The van der Waals surface area contributed by atoms with Gasteiger partial charge in [0.05, 0.1) is 17.1 Å². The molecule has 1 amide bonds. The maximum atomic E-state index is 12.6. The van der Waals surface area contributed by atoms with Gasteiger partial charge >= 0.3 is 0 Å². The van der Waals surface area contributed by atoms with Crippen molar-refractivity contribution in [3.8, 4) is 5.75 Å². The first-order valence-electron chi connectivity index (χ1n) is 9.10. The number of amides is 1. The van der Waals surface area contributed by atoms with E-state index in [4.69, 9.17) is 17.0 Å². The minimum Gasteiger partial charge on any atom is -0.493 e. The molecule has 2 aromatic rings. The third kappa shape index (κ3) is 7.05. The van der Waals surface area contributed by atoms with Crippen LogP contribution in [0.1, 0.15) is 38.1 Å². The van der Waals surface area contributed by atoms with Crippen molar-refractivity contribution in [2.24, 2.45) is 0 Å². The zero-order valence-electron chi connectivity index (χ0n) is 17.1. The summed E-state index contributed by atoms with van der Waals surface area (Å²) in [4.78, 5) is 12.7. The second kappa shape index (κ2) is 9.86. The Bertz CT molecular complexity index is 1030. The summed E-state index contributed by atoms with van der Waals surface area (Å²) < 4.78 is 33.5. The Balaban J connectivity index is 2.07. The van der Waals surface area contributed by atoms with Gasteiger partial charge in [-0.25, -0.2) is 13.1 Å². The molecular weight excluding hydrogens is 490 g/mol. The summed E-state index contributed by atoms with van der Waals surface area (Å²) in [5.74, 6) is 0.0210. The SMILES string of the molecule is CCOc1ccc(Br)cc1C(=O)NC(=S)Nc1ccc(S(=O)(=O)NC(C)(C)C)cc1. The van der Waals surface area contributed by atoms with Crippen molar-refractivity contribution in [3.63, 3.8) is 0 Å². The molecule has 2 aromatic carbocycles. The number of hydrogen-bond acceptors (Lipinski definition) is 5. The van der Waals surface area contributed by atoms with Gasteiger partial charge in [0.1, 0.15) is 5.75 Å². The number of nitrogens with one attached hydrogen (secondary N) is 3. The molecule has 0 spiro atoms. The zero-order valence-corrected chi connectivity index (χ0v) is 20.3. The van der Waals surface area contributed by atoms with Crippen molar-refractivity contribution in [1.82, 2.24) is 10.0 Å². The Kier molecular flexibility index (Phi) is 7.98. The Morgan fingerprint density at radius 2 is 1.77 bits per heavy atom. The van der Waals surface area contributed by atoms with Gasteiger partial charge in [0.15, 0.2) is 5.11 Å². The van der Waals surface area contributed by atoms with E-state index in [0.29, 0.717) is 23.6 Å². The molecule has 3 N–H and O–H groups in total. The van der Waals surface area contributed by atoms with E-state index >= 15 is 0 Å². The van der Waals surface area contributed by atoms with Crippen molar-refractivity contribution in [2.75, 3.05) is 11.9 Å². The van der Waals surface area contributed by atoms with Crippen LogP contribution in [0.3, 0.4) is 0 Å². The molecule has 0 unspecified atom stereocenters. The quantitative estimate of drug-likeness (QED) is 0.504. The molecule has 0 radical (unpaired) electrons. The van der Waals surface area contributed by atoms with E-state index in [2.05, 4.69) is 31.3 Å². The van der Waals surface area contributed by atoms with Gasteiger partial charge in [-0.05, 0) is 82.4 Å². The lowest BCUT2D eigenvalue weighted by atomic mass is 10.1. The fraction of sp³-hybridized carbons (Fsp3) is 0.300. The highest BCUT2D eigenvalue weighted by atomic mass is 79.9. The Morgan fingerprint density at radius 1 is 1.13 bits per heavy atom. The van der Waals surface area contributed by atoms with Crippen molar-refractivity contribution >= 4 is 54.9 Å². The first-order chi connectivity index (χ1) is 13.9. The molecule has 10 heteroatoms. The monoisotopic (exact) mass is 513 g/mol. The number of carbonyl (C=O) groups excluding carboxylic acids is 1. The number of rotatable bonds is 6. The normalized spacial score (nSPS) is 11.6. The first-order valence-corrected chi connectivity index (χ1v) is 11.8. The standard InChI is InChI=1S/C20H24BrN3O4S2/c1-5-28-17-11-6-13(21)12-16(17)18(25)23-19(29)22-14-7-9-15(10-8-14)30(26,27)24-20(2,3)4/h6-12,24H,5H2,1-4H3,(H2,22,23,25,29). The van der Waals surface area contributed by atoms with Gasteiger partial charge in [0.25, 0.3) is 5.91 Å². The number of thiocarbonyl (C=S) groups is 1. The summed E-state index contributed by atoms with van der Waals surface area (Å²) in [7, 11) is -3.63. The molecule has 2 rings (SSSR count). The number of anilines is 1. The van der Waals surface area contributed by atoms with Crippen molar-refractivity contribution in [2.45, 2.75) is 38.1 Å². The van der Waals surface area contributed by atoms with E-state index < -0.39 is 21.5 Å². The highest BCUT2D eigenvalue weighted by molar-refractivity contribution is 9.10. The summed E-state index contributed by atoms with van der Waals surface area (Å²) >= 11 is 8.54. The highest BCUT2D eigenvalue weighted by Crippen LogP contribution is 2.23. The molecule has 0 heterocycles. The molecule has 0 saturated heterocycles. The van der Waals surface area contributed by atoms with Crippen LogP contribution in [-0.4, -0.2) is 31.6 Å². The van der Waals surface area contributed by atoms with Crippen LogP contribution in [0.25, 0.3) is 0 Å². The van der Waals surface area contributed by atoms with Crippen LogP contribution < -0.4 is 20.1 Å². The van der Waals surface area contributed by atoms with Gasteiger partial charge in [-0.1, -0.05) is 15.9 Å². The smallest absolute Gasteiger partial charge is 0.261 e. The molecule has 162 valence electrons. The highest BCUT2D eigenvalue weighted by Gasteiger charge is 2.22. The van der Waals surface area contributed by atoms with E-state index in [0.717, 1.165) is 4.47 Å². The lowest BCUT2D eigenvalue weighted by Gasteiger charge is -2.20. The first kappa shape index (κ1) is 24.3. The van der Waals surface area contributed by atoms with Gasteiger partial charge in [-0.3, -0.25) is 10.1 Å². The number of sulfonamides is 1. The molecule has 30 heavy (non-hydrogen) atoms. The van der Waals surface area contributed by atoms with E-state index in [1.54, 1.807) is 51.1 Å². The Morgan fingerprint density at radius 3 is 2.33 bits per heavy atom. The molecule has 0 aliphatic heterocycles. The zero-order chi connectivity index (χ0) is 22.5. The second-order valence-corrected chi connectivity index (χ2v) is 10.4. The van der Waals surface area contributed by atoms with Crippen molar-refractivity contribution in [3.05, 3.63) is 52.5 Å². The second-order valence-electron chi connectivity index (χ2n) is 7.36. The van der Waals surface area contributed by atoms with Crippen molar-refractivity contribution < 1.29 is 17.9 Å². The maximum Gasteiger partial charge on any atom is 0.261 e. The average molecular weight is 514 g/mol. The van der Waals surface area contributed by atoms with Crippen LogP contribution in [-0.2, 0) is 10.0 Å². The molecule has 0 atom stereocenters. The van der Waals surface area contributed by atoms with E-state index in [1.165, 1.54) is 12.1 Å². The van der Waals surface area contributed by atoms with E-state index in [1.807, 2.05) is 6.92 Å². The molecule has 0 aliphatic carbocycles. The fourth-order valence-electron chi connectivity index (χ4n) is 2.47. The summed E-state index contributed by atoms with van der Waals surface area (Å²) in [5, 5.41) is 5.54. The number of carbonyl (C=O) groups is 1. The number of halogens is 1. The maximum absolute atomic E-state index is 12.6. The third-order valence-electron chi connectivity index (χ3n) is 3.58. The largest absolute Gasteiger partial charge is 0.493 e. The van der Waals surface area contributed by atoms with Crippen LogP contribution in [0.4, 0.5) is 5.69 Å². The number of benzene rings is 2. The molecule has 7 nitrogen and oxygen atoms in total. The van der Waals surface area contributed by atoms with Crippen LogP contribution in [0.2, 0.25) is 0 Å². The predicted molar refractivity (Wildman–Crippen MR) is 126 cm³/mol. The fourth-order valence-corrected chi connectivity index (χ4v) is 4.46. The molecule has 0 aliphatic rings. The third-order valence-corrected chi connectivity index (χ3v) is 6.05. The topological polar surface area (TPSA) is 96.5 Å². The Hall–Kier alpha value is -2.01. The van der Waals surface area contributed by atoms with Crippen LogP contribution in [0.15, 0.2) is 51.8 Å². The molecular formula is C20H24BrN3O4S2. The van der Waals surface area contributed by atoms with Crippen LogP contribution in [0.5, 0.6) is 5.75 Å². The summed E-state index contributed by atoms with van der Waals surface area (Å²) in [5.41, 5.74) is 0.285. The average Bonchev–Trinajstić information content (AvgIpc) is 2.61. The van der Waals surface area contributed by atoms with E-state index in [-0.39, 0.29) is 10.0 Å². The van der Waals surface area contributed by atoms with Gasteiger partial charge in [-0.15, -0.1) is 0 Å². The molecule has 0 aromatic heterocycles. The van der Waals surface area contributed by atoms with Gasteiger partial charge in [0, 0.05) is 15.7 Å². The number of hydrogen-bond donors (Lipinski definition) is 3.